The third kappa shape index (κ3) is 2.03. The Morgan fingerprint density at radius 2 is 2.00 bits per heavy atom. The van der Waals surface area contributed by atoms with Crippen molar-refractivity contribution in [3.63, 3.8) is 0 Å². The van der Waals surface area contributed by atoms with Crippen LogP contribution in [0.5, 0.6) is 0 Å². The van der Waals surface area contributed by atoms with Crippen molar-refractivity contribution in [3.8, 4) is 6.07 Å². The summed E-state index contributed by atoms with van der Waals surface area (Å²) in [7, 11) is 0. The molecule has 0 spiro atoms. The molecular weight excluding hydrogens is 294 g/mol. The van der Waals surface area contributed by atoms with Gasteiger partial charge in [-0.1, -0.05) is 44.4 Å². The summed E-state index contributed by atoms with van der Waals surface area (Å²) in [6, 6.07) is 2.28. The average Bonchev–Trinajstić information content (AvgIpc) is 2.84. The monoisotopic (exact) mass is 323 g/mol. The fourth-order valence-electron chi connectivity index (χ4n) is 6.65. The van der Waals surface area contributed by atoms with Gasteiger partial charge in [0.25, 0.3) is 0 Å². The molecule has 0 aromatic carbocycles. The Kier molecular flexibility index (Phi) is 3.41. The molecule has 0 heterocycles. The van der Waals surface area contributed by atoms with E-state index in [0.29, 0.717) is 23.2 Å². The van der Waals surface area contributed by atoms with Crippen molar-refractivity contribution in [2.75, 3.05) is 0 Å². The van der Waals surface area contributed by atoms with E-state index in [1.807, 2.05) is 6.08 Å². The number of allylic oxidation sites excluding steroid dienone is 4. The lowest BCUT2D eigenvalue weighted by atomic mass is 9.49. The van der Waals surface area contributed by atoms with E-state index in [0.717, 1.165) is 6.42 Å². The number of carbonyl (C=O) groups excluding carboxylic acids is 1. The molecule has 2 heteroatoms. The molecular formula is C22H29NO. The molecule has 0 aliphatic heterocycles. The normalized spacial score (nSPS) is 43.5. The molecule has 4 aliphatic rings. The lowest BCUT2D eigenvalue weighted by molar-refractivity contribution is -0.119. The summed E-state index contributed by atoms with van der Waals surface area (Å²) in [5.74, 6) is 1.39. The van der Waals surface area contributed by atoms with Gasteiger partial charge < -0.3 is 0 Å². The molecule has 4 aliphatic carbocycles. The van der Waals surface area contributed by atoms with Gasteiger partial charge in [-0.25, -0.2) is 0 Å². The van der Waals surface area contributed by atoms with Gasteiger partial charge in [0, 0.05) is 0 Å². The van der Waals surface area contributed by atoms with Gasteiger partial charge in [-0.2, -0.15) is 5.26 Å². The Balaban J connectivity index is 1.78. The first-order chi connectivity index (χ1) is 11.3. The fourth-order valence-corrected chi connectivity index (χ4v) is 6.65. The Bertz CT molecular complexity index is 704. The molecule has 24 heavy (non-hydrogen) atoms. The second-order valence-electron chi connectivity index (χ2n) is 9.58. The Labute approximate surface area is 146 Å². The summed E-state index contributed by atoms with van der Waals surface area (Å²) in [6.45, 7) is 9.49. The minimum Gasteiger partial charge on any atom is -0.293 e. The minimum atomic E-state index is -0.430. The zero-order chi connectivity index (χ0) is 17.3. The van der Waals surface area contributed by atoms with Gasteiger partial charge in [0.15, 0.2) is 5.78 Å². The number of hydrogen-bond donors (Lipinski definition) is 0. The van der Waals surface area contributed by atoms with E-state index >= 15 is 0 Å². The molecule has 0 unspecified atom stereocenters. The first-order valence-electron chi connectivity index (χ1n) is 9.66. The topological polar surface area (TPSA) is 40.9 Å². The van der Waals surface area contributed by atoms with E-state index in [2.05, 4.69) is 33.8 Å². The SMILES string of the molecule is C[C@H]1C[C@H]2C3=C(CC[C@@H]2[C@@]2(C)C[C@@H](C#N)C(=O)C=C12)C(C)(C)CC3. The maximum Gasteiger partial charge on any atom is 0.172 e. The highest BCUT2D eigenvalue weighted by atomic mass is 16.1. The summed E-state index contributed by atoms with van der Waals surface area (Å²) < 4.78 is 0. The average molecular weight is 323 g/mol. The standard InChI is InChI=1S/C22H29NO/c1-13-9-16-15-7-8-21(2,3)17(15)5-6-18(16)22(4)11-14(12-23)20(24)10-19(13)22/h10,13-14,16,18H,5-9,11H2,1-4H3/t13-,14-,16-,18-,22+/m0/s1. The predicted molar refractivity (Wildman–Crippen MR) is 95.0 cm³/mol. The molecule has 1 fully saturated rings. The van der Waals surface area contributed by atoms with E-state index in [4.69, 9.17) is 0 Å². The van der Waals surface area contributed by atoms with Crippen LogP contribution in [-0.4, -0.2) is 5.78 Å². The summed E-state index contributed by atoms with van der Waals surface area (Å²) >= 11 is 0. The number of carbonyl (C=O) groups is 1. The smallest absolute Gasteiger partial charge is 0.172 e. The van der Waals surface area contributed by atoms with Crippen molar-refractivity contribution in [2.24, 2.45) is 34.5 Å². The van der Waals surface area contributed by atoms with Crippen molar-refractivity contribution < 1.29 is 4.79 Å². The van der Waals surface area contributed by atoms with Crippen molar-refractivity contribution in [1.29, 1.82) is 5.26 Å². The van der Waals surface area contributed by atoms with Crippen LogP contribution in [0.15, 0.2) is 22.8 Å². The highest BCUT2D eigenvalue weighted by molar-refractivity contribution is 5.95. The van der Waals surface area contributed by atoms with Crippen LogP contribution in [0, 0.1) is 45.8 Å². The zero-order valence-corrected chi connectivity index (χ0v) is 15.5. The molecule has 5 atom stereocenters. The van der Waals surface area contributed by atoms with Crippen LogP contribution in [0.2, 0.25) is 0 Å². The van der Waals surface area contributed by atoms with E-state index in [1.54, 1.807) is 11.1 Å². The molecule has 0 N–H and O–H groups in total. The first-order valence-corrected chi connectivity index (χ1v) is 9.66. The third-order valence-corrected chi connectivity index (χ3v) is 7.90. The summed E-state index contributed by atoms with van der Waals surface area (Å²) in [5, 5.41) is 9.44. The van der Waals surface area contributed by atoms with Crippen molar-refractivity contribution in [1.82, 2.24) is 0 Å². The van der Waals surface area contributed by atoms with E-state index < -0.39 is 5.92 Å². The number of nitriles is 1. The zero-order valence-electron chi connectivity index (χ0n) is 15.5. The van der Waals surface area contributed by atoms with Gasteiger partial charge in [0.2, 0.25) is 0 Å². The second kappa shape index (κ2) is 5.07. The molecule has 4 rings (SSSR count). The van der Waals surface area contributed by atoms with Crippen LogP contribution in [0.4, 0.5) is 0 Å². The van der Waals surface area contributed by atoms with Crippen LogP contribution in [0.25, 0.3) is 0 Å². The molecule has 0 radical (unpaired) electrons. The molecule has 0 saturated heterocycles. The molecule has 0 aromatic heterocycles. The number of nitrogens with zero attached hydrogens (tertiary/aromatic N) is 1. The summed E-state index contributed by atoms with van der Waals surface area (Å²) in [4.78, 5) is 12.3. The number of ketones is 1. The number of hydrogen-bond acceptors (Lipinski definition) is 2. The van der Waals surface area contributed by atoms with Gasteiger partial charge in [-0.15, -0.1) is 0 Å². The number of rotatable bonds is 0. The summed E-state index contributed by atoms with van der Waals surface area (Å²) in [6.07, 6.45) is 8.84. The van der Waals surface area contributed by atoms with Crippen LogP contribution in [-0.2, 0) is 4.79 Å². The molecule has 128 valence electrons. The maximum absolute atomic E-state index is 12.3. The van der Waals surface area contributed by atoms with Gasteiger partial charge in [-0.3, -0.25) is 4.79 Å². The first kappa shape index (κ1) is 16.1. The molecule has 1 saturated carbocycles. The highest BCUT2D eigenvalue weighted by Gasteiger charge is 2.54. The van der Waals surface area contributed by atoms with Crippen molar-refractivity contribution >= 4 is 5.78 Å². The largest absolute Gasteiger partial charge is 0.293 e. The number of fused-ring (bicyclic) bond motifs is 4. The Hall–Kier alpha value is -1.36. The van der Waals surface area contributed by atoms with Crippen LogP contribution in [0.3, 0.4) is 0 Å². The Morgan fingerprint density at radius 1 is 1.25 bits per heavy atom. The van der Waals surface area contributed by atoms with Gasteiger partial charge in [-0.05, 0) is 73.2 Å². The van der Waals surface area contributed by atoms with Gasteiger partial charge >= 0.3 is 0 Å². The van der Waals surface area contributed by atoms with E-state index in [-0.39, 0.29) is 11.2 Å². The van der Waals surface area contributed by atoms with E-state index in [1.165, 1.54) is 37.7 Å². The van der Waals surface area contributed by atoms with Gasteiger partial charge in [0.05, 0.1) is 6.07 Å². The van der Waals surface area contributed by atoms with Crippen LogP contribution in [0.1, 0.15) is 66.2 Å². The molecule has 0 aromatic rings. The van der Waals surface area contributed by atoms with E-state index in [9.17, 15) is 10.1 Å². The molecule has 2 nitrogen and oxygen atoms in total. The molecule has 0 bridgehead atoms. The van der Waals surface area contributed by atoms with Crippen LogP contribution >= 0.6 is 0 Å². The second-order valence-corrected chi connectivity index (χ2v) is 9.58. The lowest BCUT2D eigenvalue weighted by Gasteiger charge is -2.55. The maximum atomic E-state index is 12.3. The van der Waals surface area contributed by atoms with Crippen LogP contribution < -0.4 is 0 Å². The Morgan fingerprint density at radius 3 is 2.71 bits per heavy atom. The third-order valence-electron chi connectivity index (χ3n) is 7.90. The predicted octanol–water partition coefficient (Wildman–Crippen LogP) is 5.21. The fraction of sp³-hybridized carbons (Fsp3) is 0.727. The quantitative estimate of drug-likeness (QED) is 0.574. The van der Waals surface area contributed by atoms with Crippen molar-refractivity contribution in [3.05, 3.63) is 22.8 Å². The summed E-state index contributed by atoms with van der Waals surface area (Å²) in [5.41, 5.74) is 5.28. The highest BCUT2D eigenvalue weighted by Crippen LogP contribution is 2.63. The minimum absolute atomic E-state index is 0.0436. The van der Waals surface area contributed by atoms with Crippen molar-refractivity contribution in [2.45, 2.75) is 66.2 Å². The lowest BCUT2D eigenvalue weighted by Crippen LogP contribution is -2.48. The van der Waals surface area contributed by atoms with Gasteiger partial charge in [0.1, 0.15) is 5.92 Å². The molecule has 0 amide bonds.